The van der Waals surface area contributed by atoms with E-state index in [1.54, 1.807) is 0 Å². The van der Waals surface area contributed by atoms with Crippen molar-refractivity contribution in [1.82, 2.24) is 9.97 Å². The molecule has 0 unspecified atom stereocenters. The van der Waals surface area contributed by atoms with Gasteiger partial charge in [0.25, 0.3) is 0 Å². The van der Waals surface area contributed by atoms with E-state index in [9.17, 15) is 0 Å². The molecule has 0 spiro atoms. The number of allylic oxidation sites excluding steroid dienone is 1. The summed E-state index contributed by atoms with van der Waals surface area (Å²) in [5, 5.41) is 0. The number of para-hydroxylation sites is 1. The zero-order chi connectivity index (χ0) is 17.3. The van der Waals surface area contributed by atoms with Gasteiger partial charge in [0.15, 0.2) is 0 Å². The highest BCUT2D eigenvalue weighted by Crippen LogP contribution is 2.30. The molecule has 1 fully saturated rings. The van der Waals surface area contributed by atoms with E-state index < -0.39 is 0 Å². The minimum absolute atomic E-state index is 0.165. The molecular formula is C19H24N4O. The molecule has 1 aromatic heterocycles. The number of benzene rings is 1. The van der Waals surface area contributed by atoms with E-state index in [0.29, 0.717) is 5.95 Å². The fourth-order valence-electron chi connectivity index (χ4n) is 3.08. The zero-order valence-electron chi connectivity index (χ0n) is 14.5. The lowest BCUT2D eigenvalue weighted by molar-refractivity contribution is 0.164. The van der Waals surface area contributed by atoms with E-state index in [2.05, 4.69) is 53.5 Å². The molecule has 2 N–H and O–H groups in total. The standard InChI is InChI=1S/C19H24N4O/c1-5-7-16-14(4)21-19(20)22-18(16)23-10-15(11-23)24-17-12(2)8-6-9-13(17)3/h5-6,8-9,15H,1,7,10-11H2,2-4H3,(H2,20,21,22). The predicted molar refractivity (Wildman–Crippen MR) is 97.6 cm³/mol. The van der Waals surface area contributed by atoms with Crippen molar-refractivity contribution in [3.05, 3.63) is 53.2 Å². The monoisotopic (exact) mass is 324 g/mol. The molecule has 24 heavy (non-hydrogen) atoms. The van der Waals surface area contributed by atoms with E-state index >= 15 is 0 Å². The smallest absolute Gasteiger partial charge is 0.222 e. The lowest BCUT2D eigenvalue weighted by Gasteiger charge is -2.41. The first-order valence-electron chi connectivity index (χ1n) is 8.21. The van der Waals surface area contributed by atoms with E-state index in [1.165, 1.54) is 11.1 Å². The summed E-state index contributed by atoms with van der Waals surface area (Å²) < 4.78 is 6.19. The van der Waals surface area contributed by atoms with Gasteiger partial charge in [0.1, 0.15) is 17.7 Å². The highest BCUT2D eigenvalue weighted by molar-refractivity contribution is 5.55. The molecule has 2 aromatic rings. The number of nitrogens with zero attached hydrogens (tertiary/aromatic N) is 3. The topological polar surface area (TPSA) is 64.3 Å². The molecule has 1 aliphatic rings. The summed E-state index contributed by atoms with van der Waals surface area (Å²) in [6.07, 6.45) is 2.77. The number of ether oxygens (including phenoxy) is 1. The van der Waals surface area contributed by atoms with Crippen molar-refractivity contribution in [3.63, 3.8) is 0 Å². The first-order chi connectivity index (χ1) is 11.5. The van der Waals surface area contributed by atoms with Gasteiger partial charge in [-0.25, -0.2) is 4.98 Å². The molecule has 1 aromatic carbocycles. The number of hydrogen-bond donors (Lipinski definition) is 1. The van der Waals surface area contributed by atoms with Gasteiger partial charge in [-0.3, -0.25) is 0 Å². The van der Waals surface area contributed by atoms with Crippen LogP contribution in [0, 0.1) is 20.8 Å². The Bertz CT molecular complexity index is 746. The molecule has 3 rings (SSSR count). The molecule has 126 valence electrons. The lowest BCUT2D eigenvalue weighted by Crippen LogP contribution is -2.54. The third-order valence-electron chi connectivity index (χ3n) is 4.40. The van der Waals surface area contributed by atoms with Crippen molar-refractivity contribution in [2.24, 2.45) is 0 Å². The summed E-state index contributed by atoms with van der Waals surface area (Å²) in [6, 6.07) is 6.21. The van der Waals surface area contributed by atoms with Crippen molar-refractivity contribution in [2.45, 2.75) is 33.3 Å². The van der Waals surface area contributed by atoms with Gasteiger partial charge in [-0.2, -0.15) is 4.98 Å². The second-order valence-electron chi connectivity index (χ2n) is 6.33. The summed E-state index contributed by atoms with van der Waals surface area (Å²) in [6.45, 7) is 11.5. The van der Waals surface area contributed by atoms with Crippen LogP contribution in [0.5, 0.6) is 5.75 Å². The molecule has 5 nitrogen and oxygen atoms in total. The van der Waals surface area contributed by atoms with Gasteiger partial charge in [-0.15, -0.1) is 6.58 Å². The normalized spacial score (nSPS) is 14.4. The van der Waals surface area contributed by atoms with Crippen LogP contribution in [0.25, 0.3) is 0 Å². The highest BCUT2D eigenvalue weighted by atomic mass is 16.5. The molecule has 0 saturated carbocycles. The Morgan fingerprint density at radius 3 is 2.54 bits per heavy atom. The number of nitrogen functional groups attached to an aromatic ring is 1. The van der Waals surface area contributed by atoms with E-state index in [0.717, 1.165) is 42.3 Å². The Balaban J connectivity index is 1.74. The van der Waals surface area contributed by atoms with Crippen molar-refractivity contribution in [3.8, 4) is 5.75 Å². The lowest BCUT2D eigenvalue weighted by atomic mass is 10.1. The maximum Gasteiger partial charge on any atom is 0.222 e. The fourth-order valence-corrected chi connectivity index (χ4v) is 3.08. The molecule has 0 bridgehead atoms. The molecule has 0 aliphatic carbocycles. The van der Waals surface area contributed by atoms with E-state index in [4.69, 9.17) is 10.5 Å². The van der Waals surface area contributed by atoms with Gasteiger partial charge in [-0.05, 0) is 38.3 Å². The quantitative estimate of drug-likeness (QED) is 0.857. The number of aromatic nitrogens is 2. The van der Waals surface area contributed by atoms with E-state index in [-0.39, 0.29) is 6.10 Å². The molecule has 2 heterocycles. The average Bonchev–Trinajstić information content (AvgIpc) is 2.48. The summed E-state index contributed by atoms with van der Waals surface area (Å²) >= 11 is 0. The Labute approximate surface area is 143 Å². The number of aryl methyl sites for hydroxylation is 3. The predicted octanol–water partition coefficient (Wildman–Crippen LogP) is 2.98. The minimum Gasteiger partial charge on any atom is -0.486 e. The molecule has 1 saturated heterocycles. The summed E-state index contributed by atoms with van der Waals surface area (Å²) in [5.41, 5.74) is 10.2. The number of nitrogens with two attached hydrogens (primary N) is 1. The Hall–Kier alpha value is -2.56. The first kappa shape index (κ1) is 16.3. The van der Waals surface area contributed by atoms with Crippen LogP contribution in [0.15, 0.2) is 30.9 Å². The van der Waals surface area contributed by atoms with Crippen LogP contribution in [0.2, 0.25) is 0 Å². The second-order valence-corrected chi connectivity index (χ2v) is 6.33. The molecule has 5 heteroatoms. The van der Waals surface area contributed by atoms with Crippen LogP contribution in [-0.2, 0) is 6.42 Å². The van der Waals surface area contributed by atoms with Gasteiger partial charge in [0, 0.05) is 11.3 Å². The third kappa shape index (κ3) is 3.07. The van der Waals surface area contributed by atoms with Gasteiger partial charge in [0.05, 0.1) is 13.1 Å². The van der Waals surface area contributed by atoms with Crippen LogP contribution in [0.4, 0.5) is 11.8 Å². The van der Waals surface area contributed by atoms with Crippen LogP contribution in [0.1, 0.15) is 22.4 Å². The van der Waals surface area contributed by atoms with Crippen LogP contribution in [0.3, 0.4) is 0 Å². The minimum atomic E-state index is 0.165. The average molecular weight is 324 g/mol. The maximum absolute atomic E-state index is 6.19. The Morgan fingerprint density at radius 1 is 1.25 bits per heavy atom. The number of anilines is 2. The highest BCUT2D eigenvalue weighted by Gasteiger charge is 2.32. The molecule has 1 aliphatic heterocycles. The van der Waals surface area contributed by atoms with Crippen molar-refractivity contribution in [2.75, 3.05) is 23.7 Å². The SMILES string of the molecule is C=CCc1c(C)nc(N)nc1N1CC(Oc2c(C)cccc2C)C1. The summed E-state index contributed by atoms with van der Waals surface area (Å²) in [4.78, 5) is 10.9. The van der Waals surface area contributed by atoms with Crippen LogP contribution >= 0.6 is 0 Å². The van der Waals surface area contributed by atoms with E-state index in [1.807, 2.05) is 13.0 Å². The zero-order valence-corrected chi connectivity index (χ0v) is 14.5. The van der Waals surface area contributed by atoms with Gasteiger partial charge in [-0.1, -0.05) is 24.3 Å². The van der Waals surface area contributed by atoms with Gasteiger partial charge in [0.2, 0.25) is 5.95 Å². The third-order valence-corrected chi connectivity index (χ3v) is 4.40. The summed E-state index contributed by atoms with van der Waals surface area (Å²) in [7, 11) is 0. The molecular weight excluding hydrogens is 300 g/mol. The van der Waals surface area contributed by atoms with Crippen molar-refractivity contribution < 1.29 is 4.74 Å². The maximum atomic E-state index is 6.19. The molecule has 0 atom stereocenters. The van der Waals surface area contributed by atoms with Gasteiger partial charge < -0.3 is 15.4 Å². The molecule has 0 radical (unpaired) electrons. The number of hydrogen-bond acceptors (Lipinski definition) is 5. The van der Waals surface area contributed by atoms with Gasteiger partial charge >= 0.3 is 0 Å². The van der Waals surface area contributed by atoms with Crippen LogP contribution in [-0.4, -0.2) is 29.2 Å². The Kier molecular flexibility index (Phi) is 4.42. The summed E-state index contributed by atoms with van der Waals surface area (Å²) in [5.74, 6) is 2.21. The van der Waals surface area contributed by atoms with Crippen molar-refractivity contribution >= 4 is 11.8 Å². The number of rotatable bonds is 5. The fraction of sp³-hybridized carbons (Fsp3) is 0.368. The Morgan fingerprint density at radius 2 is 1.92 bits per heavy atom. The first-order valence-corrected chi connectivity index (χ1v) is 8.21. The largest absolute Gasteiger partial charge is 0.486 e. The second kappa shape index (κ2) is 6.51. The molecule has 0 amide bonds. The van der Waals surface area contributed by atoms with Crippen molar-refractivity contribution in [1.29, 1.82) is 0 Å². The van der Waals surface area contributed by atoms with Crippen LogP contribution < -0.4 is 15.4 Å².